The number of alkyl halides is 1. The normalized spacial score (nSPS) is 20.0. The van der Waals surface area contributed by atoms with Crippen molar-refractivity contribution >= 4 is 21.7 Å². The second kappa shape index (κ2) is 6.75. The van der Waals surface area contributed by atoms with Crippen molar-refractivity contribution in [3.05, 3.63) is 11.3 Å². The third kappa shape index (κ3) is 3.31. The van der Waals surface area contributed by atoms with E-state index in [2.05, 4.69) is 39.8 Å². The maximum atomic E-state index is 5.92. The van der Waals surface area contributed by atoms with Gasteiger partial charge in [-0.1, -0.05) is 22.9 Å². The predicted octanol–water partition coefficient (Wildman–Crippen LogP) is 3.02. The third-order valence-electron chi connectivity index (χ3n) is 3.68. The number of rotatable bonds is 5. The Bertz CT molecular complexity index is 419. The molecule has 0 spiro atoms. The zero-order valence-electron chi connectivity index (χ0n) is 12.2. The summed E-state index contributed by atoms with van der Waals surface area (Å²) in [7, 11) is 2.03. The van der Waals surface area contributed by atoms with Crippen molar-refractivity contribution in [1.29, 1.82) is 0 Å². The van der Waals surface area contributed by atoms with Gasteiger partial charge in [-0.3, -0.25) is 4.68 Å². The van der Waals surface area contributed by atoms with Gasteiger partial charge in [0.25, 0.3) is 0 Å². The molecule has 0 amide bonds. The van der Waals surface area contributed by atoms with Crippen LogP contribution in [0, 0.1) is 6.92 Å². The molecule has 19 heavy (non-hydrogen) atoms. The summed E-state index contributed by atoms with van der Waals surface area (Å²) in [4.78, 5) is 2.43. The number of ether oxygens (including phenoxy) is 1. The Morgan fingerprint density at radius 1 is 1.47 bits per heavy atom. The first-order valence-electron chi connectivity index (χ1n) is 7.12. The maximum absolute atomic E-state index is 5.92. The topological polar surface area (TPSA) is 30.3 Å². The van der Waals surface area contributed by atoms with Crippen LogP contribution in [0.3, 0.4) is 0 Å². The molecule has 108 valence electrons. The Labute approximate surface area is 124 Å². The lowest BCUT2D eigenvalue weighted by Gasteiger charge is -2.34. The lowest BCUT2D eigenvalue weighted by atomic mass is 10.1. The third-order valence-corrected chi connectivity index (χ3v) is 4.24. The summed E-state index contributed by atoms with van der Waals surface area (Å²) in [6.07, 6.45) is 3.83. The number of nitrogens with zero attached hydrogens (tertiary/aromatic N) is 3. The van der Waals surface area contributed by atoms with Gasteiger partial charge in [0.2, 0.25) is 0 Å². The highest BCUT2D eigenvalue weighted by molar-refractivity contribution is 9.08. The predicted molar refractivity (Wildman–Crippen MR) is 82.1 cm³/mol. The molecule has 1 fully saturated rings. The van der Waals surface area contributed by atoms with Crippen LogP contribution in [0.2, 0.25) is 0 Å². The van der Waals surface area contributed by atoms with Crippen LogP contribution in [0.4, 0.5) is 5.82 Å². The summed E-state index contributed by atoms with van der Waals surface area (Å²) in [6.45, 7) is 7.20. The van der Waals surface area contributed by atoms with Gasteiger partial charge in [-0.2, -0.15) is 5.10 Å². The van der Waals surface area contributed by atoms with Gasteiger partial charge < -0.3 is 9.64 Å². The molecule has 0 aliphatic carbocycles. The molecule has 1 aliphatic heterocycles. The molecule has 1 aromatic rings. The van der Waals surface area contributed by atoms with Gasteiger partial charge in [0.1, 0.15) is 5.82 Å². The average Bonchev–Trinajstić information content (AvgIpc) is 2.70. The minimum absolute atomic E-state index is 0.368. The Morgan fingerprint density at radius 3 is 2.95 bits per heavy atom. The summed E-state index contributed by atoms with van der Waals surface area (Å²) in [6, 6.07) is 0. The van der Waals surface area contributed by atoms with Crippen molar-refractivity contribution in [3.63, 3.8) is 0 Å². The molecule has 2 heterocycles. The zero-order valence-corrected chi connectivity index (χ0v) is 13.7. The van der Waals surface area contributed by atoms with E-state index in [0.717, 1.165) is 37.1 Å². The summed E-state index contributed by atoms with van der Waals surface area (Å²) in [5.41, 5.74) is 2.42. The van der Waals surface area contributed by atoms with Gasteiger partial charge in [0, 0.05) is 37.6 Å². The number of hydrogen-bond acceptors (Lipinski definition) is 3. The highest BCUT2D eigenvalue weighted by Gasteiger charge is 2.25. The van der Waals surface area contributed by atoms with E-state index in [1.54, 1.807) is 0 Å². The quantitative estimate of drug-likeness (QED) is 0.778. The number of halogens is 1. The van der Waals surface area contributed by atoms with Crippen LogP contribution < -0.4 is 4.90 Å². The van der Waals surface area contributed by atoms with Crippen LogP contribution in [0.15, 0.2) is 0 Å². The molecule has 1 atom stereocenters. The van der Waals surface area contributed by atoms with Gasteiger partial charge >= 0.3 is 0 Å². The molecule has 0 aromatic carbocycles. The van der Waals surface area contributed by atoms with Gasteiger partial charge in [-0.25, -0.2) is 0 Å². The number of hydrogen-bond donors (Lipinski definition) is 0. The fourth-order valence-electron chi connectivity index (χ4n) is 2.79. The molecule has 1 aromatic heterocycles. The molecule has 1 unspecified atom stereocenters. The van der Waals surface area contributed by atoms with Crippen LogP contribution in [0.1, 0.15) is 37.4 Å². The highest BCUT2D eigenvalue weighted by atomic mass is 79.9. The van der Waals surface area contributed by atoms with Crippen molar-refractivity contribution in [2.24, 2.45) is 7.05 Å². The molecule has 4 nitrogen and oxygen atoms in total. The van der Waals surface area contributed by atoms with Crippen molar-refractivity contribution < 1.29 is 4.74 Å². The van der Waals surface area contributed by atoms with E-state index < -0.39 is 0 Å². The smallest absolute Gasteiger partial charge is 0.130 e. The van der Waals surface area contributed by atoms with E-state index in [4.69, 9.17) is 4.74 Å². The van der Waals surface area contributed by atoms with Crippen LogP contribution >= 0.6 is 15.9 Å². The van der Waals surface area contributed by atoms with Gasteiger partial charge in [0.15, 0.2) is 0 Å². The fraction of sp³-hybridized carbons (Fsp3) is 0.786. The number of piperidine rings is 1. The summed E-state index contributed by atoms with van der Waals surface area (Å²) in [5, 5.41) is 5.41. The number of aromatic nitrogens is 2. The molecule has 0 radical (unpaired) electrons. The van der Waals surface area contributed by atoms with Crippen LogP contribution in [0.25, 0.3) is 0 Å². The van der Waals surface area contributed by atoms with Crippen LogP contribution in [-0.2, 0) is 17.1 Å². The molecule has 2 rings (SSSR count). The van der Waals surface area contributed by atoms with E-state index in [-0.39, 0.29) is 0 Å². The zero-order chi connectivity index (χ0) is 13.8. The molecule has 1 saturated heterocycles. The number of anilines is 1. The lowest BCUT2D eigenvalue weighted by Crippen LogP contribution is -2.41. The SMILES string of the molecule is CCCOC1CCCN(c2c(CBr)c(C)nn2C)C1. The highest BCUT2D eigenvalue weighted by Crippen LogP contribution is 2.28. The Hall–Kier alpha value is -0.550. The molecule has 0 N–H and O–H groups in total. The molecular weight excluding hydrogens is 306 g/mol. The second-order valence-electron chi connectivity index (χ2n) is 5.23. The van der Waals surface area contributed by atoms with Crippen LogP contribution in [0.5, 0.6) is 0 Å². The largest absolute Gasteiger partial charge is 0.376 e. The van der Waals surface area contributed by atoms with Crippen LogP contribution in [-0.4, -0.2) is 35.6 Å². The molecule has 0 saturated carbocycles. The van der Waals surface area contributed by atoms with Gasteiger partial charge in [-0.05, 0) is 26.2 Å². The Kier molecular flexibility index (Phi) is 5.28. The first-order chi connectivity index (χ1) is 9.17. The minimum Gasteiger partial charge on any atom is -0.376 e. The van der Waals surface area contributed by atoms with E-state index in [9.17, 15) is 0 Å². The summed E-state index contributed by atoms with van der Waals surface area (Å²) in [5.74, 6) is 1.25. The fourth-order valence-corrected chi connectivity index (χ4v) is 3.45. The number of aryl methyl sites for hydroxylation is 2. The van der Waals surface area contributed by atoms with E-state index >= 15 is 0 Å². The maximum Gasteiger partial charge on any atom is 0.130 e. The van der Waals surface area contributed by atoms with E-state index in [1.165, 1.54) is 24.2 Å². The first kappa shape index (κ1) is 14.9. The summed E-state index contributed by atoms with van der Waals surface area (Å²) >= 11 is 3.58. The van der Waals surface area contributed by atoms with Crippen molar-refractivity contribution in [1.82, 2.24) is 9.78 Å². The standard InChI is InChI=1S/C14H24BrN3O/c1-4-8-19-12-6-5-7-18(10-12)14-13(9-15)11(2)16-17(14)3/h12H,4-10H2,1-3H3. The first-order valence-corrected chi connectivity index (χ1v) is 8.24. The minimum atomic E-state index is 0.368. The average molecular weight is 330 g/mol. The van der Waals surface area contributed by atoms with Crippen molar-refractivity contribution in [2.45, 2.75) is 44.5 Å². The summed E-state index contributed by atoms with van der Waals surface area (Å²) < 4.78 is 7.93. The molecule has 0 bridgehead atoms. The molecule has 5 heteroatoms. The molecule has 1 aliphatic rings. The Morgan fingerprint density at radius 2 is 2.26 bits per heavy atom. The van der Waals surface area contributed by atoms with Gasteiger partial charge in [0.05, 0.1) is 11.8 Å². The van der Waals surface area contributed by atoms with E-state index in [0.29, 0.717) is 6.10 Å². The Balaban J connectivity index is 2.12. The monoisotopic (exact) mass is 329 g/mol. The lowest BCUT2D eigenvalue weighted by molar-refractivity contribution is 0.0437. The van der Waals surface area contributed by atoms with Crippen molar-refractivity contribution in [2.75, 3.05) is 24.6 Å². The van der Waals surface area contributed by atoms with Crippen molar-refractivity contribution in [3.8, 4) is 0 Å². The van der Waals surface area contributed by atoms with E-state index in [1.807, 2.05) is 11.7 Å². The second-order valence-corrected chi connectivity index (χ2v) is 5.79. The van der Waals surface area contributed by atoms with Gasteiger partial charge in [-0.15, -0.1) is 0 Å². The molecular formula is C14H24BrN3O.